The Hall–Kier alpha value is -6.48. The third kappa shape index (κ3) is 8.78. The number of rotatable bonds is 11. The van der Waals surface area contributed by atoms with Gasteiger partial charge in [0.15, 0.2) is 54.7 Å². The van der Waals surface area contributed by atoms with Crippen molar-refractivity contribution in [3.05, 3.63) is 215 Å². The number of halogens is 1. The first-order chi connectivity index (χ1) is 34.9. The van der Waals surface area contributed by atoms with Crippen molar-refractivity contribution in [3.8, 4) is 0 Å². The van der Waals surface area contributed by atoms with E-state index in [0.717, 1.165) is 27.2 Å². The molecule has 0 saturated carbocycles. The Morgan fingerprint density at radius 3 is 1.21 bits per heavy atom. The van der Waals surface area contributed by atoms with Gasteiger partial charge in [0.25, 0.3) is 11.8 Å². The van der Waals surface area contributed by atoms with Gasteiger partial charge in [0.2, 0.25) is 0 Å². The zero-order valence-electron chi connectivity index (χ0n) is 40.1. The standard InChI is InChI=1S/C28H26N2O5S2.C27H23IN2O5S/c1-28(2)24(27(32)35-22(18-12-6-4-7-13-18)19-14-8-5-9-15-19)30-25(31)21(26(30)37(28,33)34)23(36-3)20-16-10-11-17-29-20;1-27(2)23(26(32)35-22(17-11-5-3-6-12-17)18-13-7-4-8-14-18)30-24(31)20(25(30)36(27,33)34)21(28)19-15-9-10-16-29-19/h4-17,22,24,26H,1-3H3;3-16,22-23,25H,1-2H3/b23-21+;21-20+/t24-,26+;23-,25+/m00/s1. The Morgan fingerprint density at radius 2 is 0.863 bits per heavy atom. The molecule has 73 heavy (non-hydrogen) atoms. The number of sulfone groups is 2. The van der Waals surface area contributed by atoms with E-state index in [1.165, 1.54) is 44.4 Å². The van der Waals surface area contributed by atoms with E-state index in [1.807, 2.05) is 144 Å². The summed E-state index contributed by atoms with van der Waals surface area (Å²) in [5.74, 6) is -2.51. The normalized spacial score (nSPS) is 23.0. The molecule has 18 heteroatoms. The van der Waals surface area contributed by atoms with Gasteiger partial charge in [0.05, 0.1) is 26.1 Å². The van der Waals surface area contributed by atoms with Crippen molar-refractivity contribution in [2.24, 2.45) is 0 Å². The number of carbonyl (C=O) groups excluding carboxylic acids is 4. The Balaban J connectivity index is 0.000000180. The van der Waals surface area contributed by atoms with Crippen LogP contribution in [-0.2, 0) is 48.3 Å². The van der Waals surface area contributed by atoms with Gasteiger partial charge in [0.1, 0.15) is 9.49 Å². The number of amides is 2. The smallest absolute Gasteiger partial charge is 0.331 e. The highest BCUT2D eigenvalue weighted by molar-refractivity contribution is 14.1. The van der Waals surface area contributed by atoms with E-state index in [-0.39, 0.29) is 11.1 Å². The van der Waals surface area contributed by atoms with Gasteiger partial charge in [0, 0.05) is 17.3 Å². The average molecular weight is 1150 g/mol. The van der Waals surface area contributed by atoms with Crippen molar-refractivity contribution in [2.45, 2.75) is 72.2 Å². The van der Waals surface area contributed by atoms with E-state index in [1.54, 1.807) is 55.0 Å². The summed E-state index contributed by atoms with van der Waals surface area (Å²) in [5.41, 5.74) is 4.29. The summed E-state index contributed by atoms with van der Waals surface area (Å²) in [6, 6.07) is 44.8. The number of thioether (sulfide) groups is 1. The SMILES string of the molecule is CC1(C)[C@H](C(=O)OC(c2ccccc2)c2ccccc2)N2C(=O)/C(=C(\I)c3ccccn3)[C@H]2S1(=O)=O.CS/C(=C1\C(=O)N2[C@@H](C(=O)OC(c3ccccc3)c3ccccc3)C(C)(C)S(=O)(=O)[C@H]12)c1ccccn1. The Kier molecular flexibility index (Phi) is 14.2. The first kappa shape index (κ1) is 51.4. The third-order valence-electron chi connectivity index (χ3n) is 13.7. The Morgan fingerprint density at radius 1 is 0.534 bits per heavy atom. The topological polar surface area (TPSA) is 187 Å². The van der Waals surface area contributed by atoms with Gasteiger partial charge in [-0.3, -0.25) is 19.6 Å². The van der Waals surface area contributed by atoms with Gasteiger partial charge in [-0.2, -0.15) is 0 Å². The summed E-state index contributed by atoms with van der Waals surface area (Å²) < 4.78 is 64.2. The largest absolute Gasteiger partial charge is 0.451 e. The van der Waals surface area contributed by atoms with Crippen LogP contribution in [0.15, 0.2) is 181 Å². The fourth-order valence-corrected chi connectivity index (χ4v) is 15.9. The number of fused-ring (bicyclic) bond motifs is 2. The van der Waals surface area contributed by atoms with Crippen molar-refractivity contribution < 1.29 is 45.5 Å². The Bertz CT molecular complexity index is 3310. The molecule has 4 aromatic carbocycles. The highest BCUT2D eigenvalue weighted by atomic mass is 127. The van der Waals surface area contributed by atoms with E-state index >= 15 is 0 Å². The summed E-state index contributed by atoms with van der Waals surface area (Å²) in [6.07, 6.45) is 3.44. The predicted octanol–water partition coefficient (Wildman–Crippen LogP) is 8.54. The number of pyridine rings is 2. The van der Waals surface area contributed by atoms with E-state index in [9.17, 15) is 36.0 Å². The molecular weight excluding hydrogens is 1100 g/mol. The lowest BCUT2D eigenvalue weighted by molar-refractivity contribution is -0.160. The number of hydrogen-bond donors (Lipinski definition) is 0. The number of nitrogens with zero attached hydrogens (tertiary/aromatic N) is 4. The van der Waals surface area contributed by atoms with Crippen LogP contribution in [0.4, 0.5) is 0 Å². The van der Waals surface area contributed by atoms with E-state index in [0.29, 0.717) is 19.9 Å². The van der Waals surface area contributed by atoms with E-state index in [4.69, 9.17) is 9.47 Å². The van der Waals surface area contributed by atoms with Crippen LogP contribution in [0, 0.1) is 0 Å². The monoisotopic (exact) mass is 1150 g/mol. The molecule has 0 aliphatic carbocycles. The number of carbonyl (C=O) groups is 4. The van der Waals surface area contributed by atoms with Crippen LogP contribution in [0.2, 0.25) is 0 Å². The van der Waals surface area contributed by atoms with Crippen LogP contribution in [-0.4, -0.2) is 98.9 Å². The minimum absolute atomic E-state index is 0.139. The van der Waals surface area contributed by atoms with Crippen molar-refractivity contribution in [3.63, 3.8) is 0 Å². The highest BCUT2D eigenvalue weighted by Crippen LogP contribution is 2.53. The summed E-state index contributed by atoms with van der Waals surface area (Å²) >= 11 is 3.22. The van der Waals surface area contributed by atoms with Crippen LogP contribution < -0.4 is 0 Å². The first-order valence-electron chi connectivity index (χ1n) is 23.1. The molecule has 6 aromatic rings. The molecule has 2 aromatic heterocycles. The van der Waals surface area contributed by atoms with Crippen molar-refractivity contribution in [1.82, 2.24) is 19.8 Å². The maximum Gasteiger partial charge on any atom is 0.331 e. The molecule has 6 heterocycles. The fourth-order valence-electron chi connectivity index (χ4n) is 9.74. The van der Waals surface area contributed by atoms with Crippen molar-refractivity contribution >= 4 is 86.3 Å². The van der Waals surface area contributed by atoms with Crippen molar-refractivity contribution in [1.29, 1.82) is 0 Å². The molecule has 4 fully saturated rings. The minimum atomic E-state index is -3.96. The maximum absolute atomic E-state index is 13.8. The lowest BCUT2D eigenvalue weighted by Crippen LogP contribution is -2.59. The number of hydrogen-bond acceptors (Lipinski definition) is 13. The summed E-state index contributed by atoms with van der Waals surface area (Å²) in [5, 5.41) is -2.46. The summed E-state index contributed by atoms with van der Waals surface area (Å²) in [4.78, 5) is 65.6. The summed E-state index contributed by atoms with van der Waals surface area (Å²) in [6.45, 7) is 5.92. The quantitative estimate of drug-likeness (QED) is 0.0520. The van der Waals surface area contributed by atoms with Crippen molar-refractivity contribution in [2.75, 3.05) is 6.26 Å². The van der Waals surface area contributed by atoms with Gasteiger partial charge in [-0.25, -0.2) is 26.4 Å². The number of ether oxygens (including phenoxy) is 2. The first-order valence-corrected chi connectivity index (χ1v) is 28.5. The molecule has 374 valence electrons. The third-order valence-corrected chi connectivity index (χ3v) is 21.1. The maximum atomic E-state index is 13.8. The van der Waals surface area contributed by atoms with Gasteiger partial charge < -0.3 is 19.3 Å². The van der Waals surface area contributed by atoms with Crippen LogP contribution in [0.25, 0.3) is 8.48 Å². The molecule has 10 rings (SSSR count). The number of benzene rings is 4. The molecule has 2 amide bonds. The molecule has 14 nitrogen and oxygen atoms in total. The molecular formula is C55H49IN4O10S3. The lowest BCUT2D eigenvalue weighted by atomic mass is 9.94. The summed E-state index contributed by atoms with van der Waals surface area (Å²) in [7, 11) is -7.91. The number of β-lactam (4-membered cyclic amide) rings is 2. The second-order valence-electron chi connectivity index (χ2n) is 18.6. The predicted molar refractivity (Wildman–Crippen MR) is 286 cm³/mol. The van der Waals surface area contributed by atoms with Gasteiger partial charge in [-0.1, -0.05) is 133 Å². The molecule has 4 aliphatic heterocycles. The van der Waals surface area contributed by atoms with E-state index in [2.05, 4.69) is 9.97 Å². The molecule has 4 saturated heterocycles. The van der Waals surface area contributed by atoms with Gasteiger partial charge in [-0.15, -0.1) is 11.8 Å². The zero-order chi connectivity index (χ0) is 52.0. The lowest BCUT2D eigenvalue weighted by Gasteiger charge is -2.40. The van der Waals surface area contributed by atoms with E-state index < -0.39 is 88.0 Å². The number of esters is 2. The number of aromatic nitrogens is 2. The molecule has 0 N–H and O–H groups in total. The van der Waals surface area contributed by atoms with Gasteiger partial charge in [-0.05, 0) is 103 Å². The van der Waals surface area contributed by atoms with Crippen LogP contribution >= 0.6 is 34.4 Å². The zero-order valence-corrected chi connectivity index (χ0v) is 44.7. The molecule has 4 atom stereocenters. The molecule has 0 bridgehead atoms. The van der Waals surface area contributed by atoms with Crippen LogP contribution in [0.1, 0.15) is 73.5 Å². The molecule has 0 radical (unpaired) electrons. The fraction of sp³-hybridized carbons (Fsp3) is 0.236. The molecule has 0 unspecified atom stereocenters. The van der Waals surface area contributed by atoms with Crippen LogP contribution in [0.5, 0.6) is 0 Å². The minimum Gasteiger partial charge on any atom is -0.451 e. The molecule has 0 spiro atoms. The second-order valence-corrected chi connectivity index (χ2v) is 25.7. The second kappa shape index (κ2) is 20.1. The van der Waals surface area contributed by atoms with Gasteiger partial charge >= 0.3 is 11.9 Å². The molecule has 4 aliphatic rings. The van der Waals surface area contributed by atoms with Crippen LogP contribution in [0.3, 0.4) is 0 Å². The Labute approximate surface area is 441 Å². The highest BCUT2D eigenvalue weighted by Gasteiger charge is 2.72. The average Bonchev–Trinajstić information content (AvgIpc) is 3.65.